The molecule has 1 aromatic rings. The number of aryl methyl sites for hydroxylation is 1. The fraction of sp³-hybridized carbons (Fsp3) is 0.500. The van der Waals surface area contributed by atoms with Crippen LogP contribution in [0.1, 0.15) is 31.7 Å². The average molecular weight is 314 g/mol. The van der Waals surface area contributed by atoms with Crippen molar-refractivity contribution in [3.63, 3.8) is 0 Å². The summed E-state index contributed by atoms with van der Waals surface area (Å²) >= 11 is 3.46. The van der Waals surface area contributed by atoms with Crippen LogP contribution in [-0.4, -0.2) is 19.1 Å². The number of benzene rings is 1. The molecule has 4 heteroatoms. The average Bonchev–Trinajstić information content (AvgIpc) is 2.37. The number of ether oxygens (including phenoxy) is 1. The SMILES string of the molecule is CCCCC(Nc1ccc(Br)c(C)c1)C(=O)OC. The smallest absolute Gasteiger partial charge is 0.328 e. The van der Waals surface area contributed by atoms with Gasteiger partial charge in [-0.2, -0.15) is 0 Å². The Kier molecular flexibility index (Phi) is 6.19. The molecule has 1 aromatic carbocycles. The quantitative estimate of drug-likeness (QED) is 0.809. The minimum absolute atomic E-state index is 0.205. The molecule has 18 heavy (non-hydrogen) atoms. The molecular weight excluding hydrogens is 294 g/mol. The predicted octanol–water partition coefficient (Wildman–Crippen LogP) is 3.90. The fourth-order valence-corrected chi connectivity index (χ4v) is 1.98. The van der Waals surface area contributed by atoms with Crippen molar-refractivity contribution < 1.29 is 9.53 Å². The number of hydrogen-bond donors (Lipinski definition) is 1. The molecule has 1 atom stereocenters. The number of hydrogen-bond acceptors (Lipinski definition) is 3. The maximum absolute atomic E-state index is 11.7. The molecule has 0 radical (unpaired) electrons. The van der Waals surface area contributed by atoms with Crippen LogP contribution in [0.25, 0.3) is 0 Å². The Hall–Kier alpha value is -1.03. The first-order chi connectivity index (χ1) is 8.58. The summed E-state index contributed by atoms with van der Waals surface area (Å²) in [5, 5.41) is 3.24. The van der Waals surface area contributed by atoms with Gasteiger partial charge in [0.15, 0.2) is 0 Å². The van der Waals surface area contributed by atoms with Crippen LogP contribution in [0.2, 0.25) is 0 Å². The van der Waals surface area contributed by atoms with Crippen LogP contribution < -0.4 is 5.32 Å². The van der Waals surface area contributed by atoms with Gasteiger partial charge in [-0.3, -0.25) is 0 Å². The largest absolute Gasteiger partial charge is 0.467 e. The third kappa shape index (κ3) is 4.33. The molecule has 0 aliphatic rings. The first-order valence-corrected chi connectivity index (χ1v) is 6.98. The molecule has 0 saturated carbocycles. The van der Waals surface area contributed by atoms with E-state index < -0.39 is 0 Å². The Balaban J connectivity index is 2.75. The van der Waals surface area contributed by atoms with E-state index in [0.717, 1.165) is 35.0 Å². The first kappa shape index (κ1) is 15.0. The Labute approximate surface area is 117 Å². The summed E-state index contributed by atoms with van der Waals surface area (Å²) in [6, 6.07) is 5.69. The Bertz CT molecular complexity index is 407. The number of esters is 1. The number of methoxy groups -OCH3 is 1. The summed E-state index contributed by atoms with van der Waals surface area (Å²) < 4.78 is 5.89. The zero-order chi connectivity index (χ0) is 13.5. The Morgan fingerprint density at radius 2 is 2.22 bits per heavy atom. The summed E-state index contributed by atoms with van der Waals surface area (Å²) in [6.45, 7) is 4.13. The molecule has 0 fully saturated rings. The van der Waals surface area contributed by atoms with Crippen molar-refractivity contribution in [1.29, 1.82) is 0 Å². The van der Waals surface area contributed by atoms with Crippen molar-refractivity contribution in [3.8, 4) is 0 Å². The van der Waals surface area contributed by atoms with Crippen LogP contribution in [0.4, 0.5) is 5.69 Å². The van der Waals surface area contributed by atoms with Crippen LogP contribution in [-0.2, 0) is 9.53 Å². The molecule has 3 nitrogen and oxygen atoms in total. The molecule has 0 aliphatic carbocycles. The van der Waals surface area contributed by atoms with Gasteiger partial charge in [-0.05, 0) is 37.1 Å². The highest BCUT2D eigenvalue weighted by atomic mass is 79.9. The molecule has 1 unspecified atom stereocenters. The number of rotatable bonds is 6. The van der Waals surface area contributed by atoms with Gasteiger partial charge >= 0.3 is 5.97 Å². The molecule has 100 valence electrons. The van der Waals surface area contributed by atoms with E-state index in [9.17, 15) is 4.79 Å². The third-order valence-corrected chi connectivity index (χ3v) is 3.72. The van der Waals surface area contributed by atoms with E-state index in [2.05, 4.69) is 28.2 Å². The van der Waals surface area contributed by atoms with Gasteiger partial charge in [0.05, 0.1) is 7.11 Å². The molecule has 0 bridgehead atoms. The van der Waals surface area contributed by atoms with Gasteiger partial charge in [-0.25, -0.2) is 4.79 Å². The van der Waals surface area contributed by atoms with Crippen LogP contribution in [0, 0.1) is 6.92 Å². The Morgan fingerprint density at radius 1 is 1.50 bits per heavy atom. The van der Waals surface area contributed by atoms with Crippen molar-refractivity contribution in [2.45, 2.75) is 39.2 Å². The van der Waals surface area contributed by atoms with Gasteiger partial charge in [0, 0.05) is 10.2 Å². The summed E-state index contributed by atoms with van der Waals surface area (Å²) in [7, 11) is 1.43. The molecule has 1 N–H and O–H groups in total. The number of carbonyl (C=O) groups is 1. The van der Waals surface area contributed by atoms with Gasteiger partial charge in [-0.1, -0.05) is 35.7 Å². The second kappa shape index (κ2) is 7.41. The maximum Gasteiger partial charge on any atom is 0.328 e. The lowest BCUT2D eigenvalue weighted by atomic mass is 10.1. The maximum atomic E-state index is 11.7. The number of carbonyl (C=O) groups excluding carboxylic acids is 1. The molecule has 0 aliphatic heterocycles. The van der Waals surface area contributed by atoms with Crippen molar-refractivity contribution in [3.05, 3.63) is 28.2 Å². The van der Waals surface area contributed by atoms with Crippen LogP contribution in [0.15, 0.2) is 22.7 Å². The van der Waals surface area contributed by atoms with Gasteiger partial charge in [0.1, 0.15) is 6.04 Å². The van der Waals surface area contributed by atoms with Crippen molar-refractivity contribution in [2.24, 2.45) is 0 Å². The highest BCUT2D eigenvalue weighted by Crippen LogP contribution is 2.21. The number of halogens is 1. The topological polar surface area (TPSA) is 38.3 Å². The molecule has 0 heterocycles. The van der Waals surface area contributed by atoms with Crippen LogP contribution in [0.5, 0.6) is 0 Å². The van der Waals surface area contributed by atoms with Gasteiger partial charge in [-0.15, -0.1) is 0 Å². The zero-order valence-corrected chi connectivity index (χ0v) is 12.7. The van der Waals surface area contributed by atoms with Gasteiger partial charge < -0.3 is 10.1 Å². The lowest BCUT2D eigenvalue weighted by molar-refractivity contribution is -0.141. The molecular formula is C14H20BrNO2. The van der Waals surface area contributed by atoms with Crippen LogP contribution >= 0.6 is 15.9 Å². The predicted molar refractivity (Wildman–Crippen MR) is 77.8 cm³/mol. The number of anilines is 1. The van der Waals surface area contributed by atoms with E-state index in [1.807, 2.05) is 25.1 Å². The van der Waals surface area contributed by atoms with Gasteiger partial charge in [0.2, 0.25) is 0 Å². The van der Waals surface area contributed by atoms with Crippen molar-refractivity contribution in [2.75, 3.05) is 12.4 Å². The highest BCUT2D eigenvalue weighted by molar-refractivity contribution is 9.10. The van der Waals surface area contributed by atoms with Crippen LogP contribution in [0.3, 0.4) is 0 Å². The summed E-state index contributed by atoms with van der Waals surface area (Å²) in [5.74, 6) is -0.205. The molecule has 0 amide bonds. The lowest BCUT2D eigenvalue weighted by Gasteiger charge is -2.18. The van der Waals surface area contributed by atoms with E-state index in [4.69, 9.17) is 4.74 Å². The van der Waals surface area contributed by atoms with Crippen molar-refractivity contribution >= 4 is 27.6 Å². The lowest BCUT2D eigenvalue weighted by Crippen LogP contribution is -2.30. The van der Waals surface area contributed by atoms with E-state index >= 15 is 0 Å². The second-order valence-corrected chi connectivity index (χ2v) is 5.18. The zero-order valence-electron chi connectivity index (χ0n) is 11.1. The minimum Gasteiger partial charge on any atom is -0.467 e. The van der Waals surface area contributed by atoms with E-state index in [-0.39, 0.29) is 12.0 Å². The number of unbranched alkanes of at least 4 members (excludes halogenated alkanes) is 1. The summed E-state index contributed by atoms with van der Waals surface area (Å²) in [6.07, 6.45) is 2.86. The molecule has 0 spiro atoms. The second-order valence-electron chi connectivity index (χ2n) is 4.33. The fourth-order valence-electron chi connectivity index (χ4n) is 1.74. The van der Waals surface area contributed by atoms with Gasteiger partial charge in [0.25, 0.3) is 0 Å². The molecule has 0 aromatic heterocycles. The first-order valence-electron chi connectivity index (χ1n) is 6.19. The summed E-state index contributed by atoms with van der Waals surface area (Å²) in [4.78, 5) is 11.7. The van der Waals surface area contributed by atoms with E-state index in [0.29, 0.717) is 0 Å². The molecule has 1 rings (SSSR count). The standard InChI is InChI=1S/C14H20BrNO2/c1-4-5-6-13(14(17)18-3)16-11-7-8-12(15)10(2)9-11/h7-9,13,16H,4-6H2,1-3H3. The third-order valence-electron chi connectivity index (χ3n) is 2.83. The highest BCUT2D eigenvalue weighted by Gasteiger charge is 2.18. The normalized spacial score (nSPS) is 12.0. The van der Waals surface area contributed by atoms with Crippen molar-refractivity contribution in [1.82, 2.24) is 0 Å². The number of nitrogens with one attached hydrogen (secondary N) is 1. The van der Waals surface area contributed by atoms with E-state index in [1.165, 1.54) is 7.11 Å². The minimum atomic E-state index is -0.268. The van der Waals surface area contributed by atoms with E-state index in [1.54, 1.807) is 0 Å². The Morgan fingerprint density at radius 3 is 2.78 bits per heavy atom. The summed E-state index contributed by atoms with van der Waals surface area (Å²) in [5.41, 5.74) is 2.08. The molecule has 0 saturated heterocycles. The monoisotopic (exact) mass is 313 g/mol.